The second-order valence-electron chi connectivity index (χ2n) is 8.22. The molecule has 0 spiro atoms. The monoisotopic (exact) mass is 420 g/mol. The lowest BCUT2D eigenvalue weighted by molar-refractivity contribution is 0.0963. The van der Waals surface area contributed by atoms with Crippen molar-refractivity contribution in [3.63, 3.8) is 0 Å². The topological polar surface area (TPSA) is 75.9 Å². The second-order valence-corrected chi connectivity index (χ2v) is 8.22. The van der Waals surface area contributed by atoms with Crippen molar-refractivity contribution < 1.29 is 14.3 Å². The van der Waals surface area contributed by atoms with Gasteiger partial charge in [0, 0.05) is 37.5 Å². The van der Waals surface area contributed by atoms with Crippen LogP contribution >= 0.6 is 0 Å². The van der Waals surface area contributed by atoms with Crippen molar-refractivity contribution in [2.24, 2.45) is 5.92 Å². The van der Waals surface area contributed by atoms with Crippen LogP contribution in [0.4, 0.5) is 4.79 Å². The quantitative estimate of drug-likeness (QED) is 0.700. The molecule has 0 bridgehead atoms. The van der Waals surface area contributed by atoms with Crippen molar-refractivity contribution >= 4 is 17.6 Å². The minimum absolute atomic E-state index is 0.102. The Morgan fingerprint density at radius 3 is 2.74 bits per heavy atom. The molecule has 1 aromatic carbocycles. The van der Waals surface area contributed by atoms with Crippen LogP contribution < -0.4 is 5.32 Å². The smallest absolute Gasteiger partial charge is 0.409 e. The van der Waals surface area contributed by atoms with E-state index < -0.39 is 0 Å². The molecule has 3 aromatic rings. The number of methoxy groups -OCH3 is 1. The predicted octanol–water partition coefficient (Wildman–Crippen LogP) is 3.61. The Morgan fingerprint density at radius 2 is 2.03 bits per heavy atom. The Labute approximate surface area is 182 Å². The number of pyridine rings is 1. The van der Waals surface area contributed by atoms with Gasteiger partial charge in [0.2, 0.25) is 0 Å². The Bertz CT molecular complexity index is 1150. The maximum absolute atomic E-state index is 12.0. The number of amides is 2. The molecule has 1 unspecified atom stereocenters. The first-order valence-electron chi connectivity index (χ1n) is 10.5. The molecule has 1 N–H and O–H groups in total. The van der Waals surface area contributed by atoms with Gasteiger partial charge in [0.15, 0.2) is 0 Å². The molecule has 1 aliphatic heterocycles. The molecule has 1 atom stereocenters. The number of nitrogens with zero attached hydrogens (tertiary/aromatic N) is 3. The summed E-state index contributed by atoms with van der Waals surface area (Å²) in [5, 5.41) is 2.67. The molecule has 162 valence electrons. The summed E-state index contributed by atoms with van der Waals surface area (Å²) < 4.78 is 7.03. The largest absolute Gasteiger partial charge is 0.453 e. The van der Waals surface area contributed by atoms with Crippen molar-refractivity contribution in [1.82, 2.24) is 19.6 Å². The Hall–Kier alpha value is -3.35. The van der Waals surface area contributed by atoms with E-state index in [1.807, 2.05) is 25.1 Å². The van der Waals surface area contributed by atoms with E-state index in [2.05, 4.69) is 35.0 Å². The zero-order chi connectivity index (χ0) is 22.1. The van der Waals surface area contributed by atoms with Gasteiger partial charge in [-0.3, -0.25) is 4.79 Å². The van der Waals surface area contributed by atoms with Gasteiger partial charge in [-0.05, 0) is 68.0 Å². The predicted molar refractivity (Wildman–Crippen MR) is 119 cm³/mol. The number of aryl methyl sites for hydroxylation is 2. The molecule has 1 fully saturated rings. The highest BCUT2D eigenvalue weighted by Gasteiger charge is 2.29. The number of fused-ring (bicyclic) bond motifs is 1. The third-order valence-corrected chi connectivity index (χ3v) is 6.05. The van der Waals surface area contributed by atoms with Gasteiger partial charge >= 0.3 is 6.09 Å². The molecule has 7 nitrogen and oxygen atoms in total. The van der Waals surface area contributed by atoms with Gasteiger partial charge in [-0.1, -0.05) is 6.07 Å². The Balaban J connectivity index is 1.74. The van der Waals surface area contributed by atoms with E-state index in [-0.39, 0.29) is 12.0 Å². The molecule has 1 aliphatic rings. The van der Waals surface area contributed by atoms with Gasteiger partial charge in [0.1, 0.15) is 5.65 Å². The summed E-state index contributed by atoms with van der Waals surface area (Å²) in [6.07, 6.45) is 3.54. The summed E-state index contributed by atoms with van der Waals surface area (Å²) in [5.41, 5.74) is 6.78. The van der Waals surface area contributed by atoms with Gasteiger partial charge in [-0.2, -0.15) is 0 Å². The fourth-order valence-corrected chi connectivity index (χ4v) is 4.39. The number of aromatic nitrogens is 2. The van der Waals surface area contributed by atoms with Gasteiger partial charge in [-0.15, -0.1) is 0 Å². The maximum Gasteiger partial charge on any atom is 0.409 e. The van der Waals surface area contributed by atoms with E-state index in [0.29, 0.717) is 24.6 Å². The molecular weight excluding hydrogens is 392 g/mol. The summed E-state index contributed by atoms with van der Waals surface area (Å²) >= 11 is 0. The van der Waals surface area contributed by atoms with Crippen LogP contribution in [0.25, 0.3) is 16.9 Å². The number of carbonyl (C=O) groups excluding carboxylic acids is 2. The zero-order valence-electron chi connectivity index (χ0n) is 18.4. The summed E-state index contributed by atoms with van der Waals surface area (Å²) in [4.78, 5) is 30.7. The van der Waals surface area contributed by atoms with Crippen molar-refractivity contribution in [2.75, 3.05) is 27.2 Å². The summed E-state index contributed by atoms with van der Waals surface area (Å²) in [6.45, 7) is 5.46. The highest BCUT2D eigenvalue weighted by atomic mass is 16.5. The van der Waals surface area contributed by atoms with Crippen LogP contribution in [-0.4, -0.2) is 53.5 Å². The van der Waals surface area contributed by atoms with Crippen molar-refractivity contribution in [2.45, 2.75) is 26.7 Å². The van der Waals surface area contributed by atoms with Crippen LogP contribution in [0.3, 0.4) is 0 Å². The molecule has 0 saturated carbocycles. The summed E-state index contributed by atoms with van der Waals surface area (Å²) in [5.74, 6) is 0.235. The number of likely N-dealkylation sites (tertiary alicyclic amines) is 1. The number of hydrogen-bond donors (Lipinski definition) is 1. The number of nitrogens with one attached hydrogen (secondary N) is 1. The molecule has 2 aromatic heterocycles. The maximum atomic E-state index is 12.0. The minimum atomic E-state index is -0.267. The third-order valence-electron chi connectivity index (χ3n) is 6.05. The SMILES string of the molecule is CNC(=O)c1ccc(-c2nc3cc(C)ccn3c2CC2CCN(C(=O)OC)C2)c(C)c1. The number of hydrogen-bond acceptors (Lipinski definition) is 4. The van der Waals surface area contributed by atoms with E-state index in [1.165, 1.54) is 7.11 Å². The van der Waals surface area contributed by atoms with Crippen LogP contribution in [0.15, 0.2) is 36.5 Å². The van der Waals surface area contributed by atoms with Crippen molar-refractivity contribution in [1.29, 1.82) is 0 Å². The highest BCUT2D eigenvalue weighted by molar-refractivity contribution is 5.95. The number of ether oxygens (including phenoxy) is 1. The average Bonchev–Trinajstić information content (AvgIpc) is 3.37. The average molecular weight is 421 g/mol. The zero-order valence-corrected chi connectivity index (χ0v) is 18.4. The van der Waals surface area contributed by atoms with Crippen LogP contribution in [-0.2, 0) is 11.2 Å². The number of benzene rings is 1. The van der Waals surface area contributed by atoms with Gasteiger partial charge in [-0.25, -0.2) is 9.78 Å². The first-order valence-corrected chi connectivity index (χ1v) is 10.5. The van der Waals surface area contributed by atoms with E-state index in [0.717, 1.165) is 46.6 Å². The normalized spacial score (nSPS) is 16.0. The number of rotatable bonds is 4. The number of imidazole rings is 1. The molecule has 4 rings (SSSR count). The lowest BCUT2D eigenvalue weighted by Crippen LogP contribution is -2.28. The molecule has 31 heavy (non-hydrogen) atoms. The summed E-state index contributed by atoms with van der Waals surface area (Å²) in [6, 6.07) is 9.89. The lowest BCUT2D eigenvalue weighted by Gasteiger charge is -2.15. The molecular formula is C24H28N4O3. The molecule has 3 heterocycles. The number of carbonyl (C=O) groups is 2. The van der Waals surface area contributed by atoms with E-state index >= 15 is 0 Å². The molecule has 2 amide bonds. The van der Waals surface area contributed by atoms with Gasteiger partial charge in [0.25, 0.3) is 5.91 Å². The molecule has 0 radical (unpaired) electrons. The highest BCUT2D eigenvalue weighted by Crippen LogP contribution is 2.32. The first kappa shape index (κ1) is 20.9. The molecule has 1 saturated heterocycles. The van der Waals surface area contributed by atoms with Crippen molar-refractivity contribution in [3.05, 3.63) is 58.9 Å². The third kappa shape index (κ3) is 4.00. The molecule has 0 aliphatic carbocycles. The minimum Gasteiger partial charge on any atom is -0.453 e. The second kappa shape index (κ2) is 8.41. The summed E-state index contributed by atoms with van der Waals surface area (Å²) in [7, 11) is 3.05. The van der Waals surface area contributed by atoms with Crippen LogP contribution in [0.5, 0.6) is 0 Å². The Morgan fingerprint density at radius 1 is 1.23 bits per heavy atom. The van der Waals surface area contributed by atoms with Crippen molar-refractivity contribution in [3.8, 4) is 11.3 Å². The van der Waals surface area contributed by atoms with Crippen LogP contribution in [0.2, 0.25) is 0 Å². The van der Waals surface area contributed by atoms with Gasteiger partial charge in [0.05, 0.1) is 18.5 Å². The van der Waals surface area contributed by atoms with Crippen LogP contribution in [0.1, 0.15) is 33.6 Å². The lowest BCUT2D eigenvalue weighted by atomic mass is 9.96. The first-order chi connectivity index (χ1) is 14.9. The Kier molecular flexibility index (Phi) is 5.67. The molecule has 7 heteroatoms. The van der Waals surface area contributed by atoms with Gasteiger partial charge < -0.3 is 19.4 Å². The van der Waals surface area contributed by atoms with Crippen LogP contribution in [0, 0.1) is 19.8 Å². The standard InChI is InChI=1S/C24H28N4O3/c1-15-7-10-28-20(13-17-8-9-27(14-17)24(30)31-4)22(26-21(28)11-15)19-6-5-18(12-16(19)2)23(29)25-3/h5-7,10-12,17H,8-9,13-14H2,1-4H3,(H,25,29). The fraction of sp³-hybridized carbons (Fsp3) is 0.375. The van der Waals surface area contributed by atoms with E-state index in [4.69, 9.17) is 9.72 Å². The van der Waals surface area contributed by atoms with E-state index in [1.54, 1.807) is 11.9 Å². The van der Waals surface area contributed by atoms with E-state index in [9.17, 15) is 9.59 Å². The fourth-order valence-electron chi connectivity index (χ4n) is 4.39.